The second-order valence-electron chi connectivity index (χ2n) is 6.02. The summed E-state index contributed by atoms with van der Waals surface area (Å²) in [6.45, 7) is 5.40. The Balaban J connectivity index is 2.15. The molecule has 5 heteroatoms. The molecule has 0 bridgehead atoms. The van der Waals surface area contributed by atoms with Crippen LogP contribution in [-0.4, -0.2) is 27.4 Å². The number of hydrogen-bond donors (Lipinski definition) is 1. The number of halogens is 1. The largest absolute Gasteiger partial charge is 0.304 e. The lowest BCUT2D eigenvalue weighted by atomic mass is 9.85. The number of alkyl halides is 1. The zero-order valence-electron chi connectivity index (χ0n) is 12.3. The van der Waals surface area contributed by atoms with Crippen LogP contribution >= 0.6 is 0 Å². The van der Waals surface area contributed by atoms with Gasteiger partial charge in [-0.3, -0.25) is 9.48 Å². The van der Waals surface area contributed by atoms with Crippen LogP contribution in [0.5, 0.6) is 0 Å². The predicted molar refractivity (Wildman–Crippen MR) is 75.8 cm³/mol. The standard InChI is InChI=1S/C15H22FN3O/c1-9(2)14(10(3)20)15(17)11-7-18-19(8-11)13-5-4-12(16)6-13/h7-9,12-14,17H,4-6H2,1-3H3. The number of nitrogens with one attached hydrogen (secondary N) is 1. The van der Waals surface area contributed by atoms with E-state index in [9.17, 15) is 9.18 Å². The molecule has 1 saturated carbocycles. The Morgan fingerprint density at radius 1 is 1.50 bits per heavy atom. The molecular weight excluding hydrogens is 257 g/mol. The molecule has 4 nitrogen and oxygen atoms in total. The number of Topliss-reactive ketones (excluding diaryl/α,β-unsaturated/α-hetero) is 1. The number of rotatable bonds is 5. The number of hydrogen-bond acceptors (Lipinski definition) is 3. The molecular formula is C15H22FN3O. The van der Waals surface area contributed by atoms with Crippen molar-refractivity contribution in [2.45, 2.75) is 52.2 Å². The van der Waals surface area contributed by atoms with E-state index in [0.717, 1.165) is 6.42 Å². The first-order valence-corrected chi connectivity index (χ1v) is 7.17. The zero-order valence-corrected chi connectivity index (χ0v) is 12.3. The highest BCUT2D eigenvalue weighted by Gasteiger charge is 2.28. The molecule has 110 valence electrons. The molecule has 1 aliphatic rings. The van der Waals surface area contributed by atoms with Crippen LogP contribution in [0.15, 0.2) is 12.4 Å². The van der Waals surface area contributed by atoms with E-state index in [-0.39, 0.29) is 17.7 Å². The second kappa shape index (κ2) is 5.85. The Morgan fingerprint density at radius 3 is 2.70 bits per heavy atom. The fraction of sp³-hybridized carbons (Fsp3) is 0.667. The molecule has 1 aliphatic carbocycles. The Hall–Kier alpha value is -1.52. The monoisotopic (exact) mass is 279 g/mol. The Morgan fingerprint density at radius 2 is 2.20 bits per heavy atom. The van der Waals surface area contributed by atoms with Crippen LogP contribution in [-0.2, 0) is 4.79 Å². The second-order valence-corrected chi connectivity index (χ2v) is 6.02. The summed E-state index contributed by atoms with van der Waals surface area (Å²) in [4.78, 5) is 11.7. The lowest BCUT2D eigenvalue weighted by molar-refractivity contribution is -0.119. The maximum absolute atomic E-state index is 13.2. The van der Waals surface area contributed by atoms with Gasteiger partial charge in [0.2, 0.25) is 0 Å². The summed E-state index contributed by atoms with van der Waals surface area (Å²) in [5.74, 6) is -0.308. The lowest BCUT2D eigenvalue weighted by Crippen LogP contribution is -2.27. The molecule has 1 heterocycles. The Bertz CT molecular complexity index is 509. The summed E-state index contributed by atoms with van der Waals surface area (Å²) >= 11 is 0. The van der Waals surface area contributed by atoms with E-state index in [0.29, 0.717) is 24.1 Å². The third kappa shape index (κ3) is 2.97. The lowest BCUT2D eigenvalue weighted by Gasteiger charge is -2.18. The highest BCUT2D eigenvalue weighted by molar-refractivity contribution is 6.11. The molecule has 3 unspecified atom stereocenters. The molecule has 1 aromatic heterocycles. The first-order valence-electron chi connectivity index (χ1n) is 7.17. The van der Waals surface area contributed by atoms with Gasteiger partial charge in [-0.25, -0.2) is 4.39 Å². The summed E-state index contributed by atoms with van der Waals surface area (Å²) in [6, 6.07) is 0.0846. The summed E-state index contributed by atoms with van der Waals surface area (Å²) in [5.41, 5.74) is 0.981. The van der Waals surface area contributed by atoms with E-state index < -0.39 is 12.1 Å². The van der Waals surface area contributed by atoms with Crippen LogP contribution < -0.4 is 0 Å². The van der Waals surface area contributed by atoms with Gasteiger partial charge in [0.05, 0.1) is 23.9 Å². The first-order chi connectivity index (χ1) is 9.40. The molecule has 1 aromatic rings. The predicted octanol–water partition coefficient (Wildman–Crippen LogP) is 3.18. The maximum Gasteiger partial charge on any atom is 0.139 e. The Labute approximate surface area is 118 Å². The van der Waals surface area contributed by atoms with Gasteiger partial charge in [-0.15, -0.1) is 0 Å². The van der Waals surface area contributed by atoms with Gasteiger partial charge in [-0.2, -0.15) is 5.10 Å². The number of nitrogens with zero attached hydrogens (tertiary/aromatic N) is 2. The molecule has 20 heavy (non-hydrogen) atoms. The third-order valence-corrected chi connectivity index (χ3v) is 4.04. The van der Waals surface area contributed by atoms with Crippen LogP contribution in [0.25, 0.3) is 0 Å². The van der Waals surface area contributed by atoms with Crippen molar-refractivity contribution in [2.75, 3.05) is 0 Å². The van der Waals surface area contributed by atoms with Crippen LogP contribution in [0.3, 0.4) is 0 Å². The fourth-order valence-corrected chi connectivity index (χ4v) is 3.01. The Kier molecular flexibility index (Phi) is 4.35. The van der Waals surface area contributed by atoms with E-state index in [4.69, 9.17) is 5.41 Å². The molecule has 0 spiro atoms. The van der Waals surface area contributed by atoms with Gasteiger partial charge in [0.25, 0.3) is 0 Å². The number of aromatic nitrogens is 2. The van der Waals surface area contributed by atoms with E-state index in [1.54, 1.807) is 17.1 Å². The van der Waals surface area contributed by atoms with Gasteiger partial charge in [0.15, 0.2) is 0 Å². The fourth-order valence-electron chi connectivity index (χ4n) is 3.01. The first kappa shape index (κ1) is 14.9. The quantitative estimate of drug-likeness (QED) is 0.842. The van der Waals surface area contributed by atoms with Gasteiger partial charge in [0.1, 0.15) is 12.0 Å². The highest BCUT2D eigenvalue weighted by atomic mass is 19.1. The van der Waals surface area contributed by atoms with Gasteiger partial charge in [0, 0.05) is 18.2 Å². The minimum Gasteiger partial charge on any atom is -0.304 e. The van der Waals surface area contributed by atoms with Crippen LogP contribution in [0, 0.1) is 17.2 Å². The molecule has 0 amide bonds. The SMILES string of the molecule is CC(=O)C(C(=N)c1cnn(C2CCC(F)C2)c1)C(C)C. The van der Waals surface area contributed by atoms with Gasteiger partial charge >= 0.3 is 0 Å². The summed E-state index contributed by atoms with van der Waals surface area (Å²) < 4.78 is 15.0. The highest BCUT2D eigenvalue weighted by Crippen LogP contribution is 2.31. The van der Waals surface area contributed by atoms with Gasteiger partial charge in [-0.05, 0) is 25.7 Å². The summed E-state index contributed by atoms with van der Waals surface area (Å²) in [5, 5.41) is 12.5. The number of carbonyl (C=O) groups excluding carboxylic acids is 1. The molecule has 1 N–H and O–H groups in total. The minimum absolute atomic E-state index is 0.00226. The van der Waals surface area contributed by atoms with Crippen LogP contribution in [0.1, 0.15) is 51.6 Å². The topological polar surface area (TPSA) is 58.7 Å². The average molecular weight is 279 g/mol. The van der Waals surface area contributed by atoms with E-state index in [1.807, 2.05) is 13.8 Å². The third-order valence-electron chi connectivity index (χ3n) is 4.04. The molecule has 0 aliphatic heterocycles. The van der Waals surface area contributed by atoms with Crippen molar-refractivity contribution in [3.8, 4) is 0 Å². The van der Waals surface area contributed by atoms with Crippen molar-refractivity contribution in [3.63, 3.8) is 0 Å². The van der Waals surface area contributed by atoms with Gasteiger partial charge < -0.3 is 5.41 Å². The van der Waals surface area contributed by atoms with Crippen molar-refractivity contribution in [3.05, 3.63) is 18.0 Å². The maximum atomic E-state index is 13.2. The molecule has 2 rings (SSSR count). The molecule has 0 radical (unpaired) electrons. The molecule has 0 saturated heterocycles. The molecule has 3 atom stereocenters. The zero-order chi connectivity index (χ0) is 14.9. The summed E-state index contributed by atoms with van der Waals surface area (Å²) in [7, 11) is 0. The van der Waals surface area contributed by atoms with Crippen molar-refractivity contribution in [1.82, 2.24) is 9.78 Å². The van der Waals surface area contributed by atoms with E-state index >= 15 is 0 Å². The van der Waals surface area contributed by atoms with Gasteiger partial charge in [-0.1, -0.05) is 13.8 Å². The molecule has 1 fully saturated rings. The van der Waals surface area contributed by atoms with Crippen molar-refractivity contribution >= 4 is 11.5 Å². The summed E-state index contributed by atoms with van der Waals surface area (Å²) in [6.07, 6.45) is 4.52. The van der Waals surface area contributed by atoms with Crippen LogP contribution in [0.4, 0.5) is 4.39 Å². The number of ketones is 1. The van der Waals surface area contributed by atoms with E-state index in [1.165, 1.54) is 6.92 Å². The van der Waals surface area contributed by atoms with Crippen molar-refractivity contribution < 1.29 is 9.18 Å². The van der Waals surface area contributed by atoms with Crippen molar-refractivity contribution in [2.24, 2.45) is 11.8 Å². The minimum atomic E-state index is -0.743. The van der Waals surface area contributed by atoms with Crippen molar-refractivity contribution in [1.29, 1.82) is 5.41 Å². The van der Waals surface area contributed by atoms with Crippen LogP contribution in [0.2, 0.25) is 0 Å². The normalized spacial score (nSPS) is 24.1. The number of carbonyl (C=O) groups is 1. The average Bonchev–Trinajstić information content (AvgIpc) is 2.95. The van der Waals surface area contributed by atoms with E-state index in [2.05, 4.69) is 5.10 Å². The smallest absolute Gasteiger partial charge is 0.139 e. The molecule has 0 aromatic carbocycles.